The van der Waals surface area contributed by atoms with Crippen LogP contribution in [0, 0.1) is 0 Å². The number of hydrogen-bond acceptors (Lipinski definition) is 4. The Labute approximate surface area is 277 Å². The molecule has 1 fully saturated rings. The third-order valence-corrected chi connectivity index (χ3v) is 9.18. The number of carbonyl (C=O) groups is 2. The quantitative estimate of drug-likeness (QED) is 0.186. The van der Waals surface area contributed by atoms with Crippen LogP contribution in [0.3, 0.4) is 0 Å². The SMILES string of the molecule is CC(C)Oc1cccc(C(CCCCc2ccc(Cl)c(Cl)c2)C(=O)N(C)N2CCC(CC(=O)O)(c3ccccc3)CC2)c1.Cl. The van der Waals surface area contributed by atoms with Crippen molar-refractivity contribution in [1.82, 2.24) is 10.0 Å². The lowest BCUT2D eigenvalue weighted by atomic mass is 9.70. The predicted molar refractivity (Wildman–Crippen MR) is 180 cm³/mol. The van der Waals surface area contributed by atoms with Crippen LogP contribution in [0.25, 0.3) is 0 Å². The van der Waals surface area contributed by atoms with E-state index in [2.05, 4.69) is 5.01 Å². The summed E-state index contributed by atoms with van der Waals surface area (Å²) in [7, 11) is 1.84. The van der Waals surface area contributed by atoms with E-state index in [9.17, 15) is 14.7 Å². The molecule has 4 rings (SSSR count). The van der Waals surface area contributed by atoms with Crippen LogP contribution in [0.1, 0.15) is 75.0 Å². The minimum Gasteiger partial charge on any atom is -0.491 e. The number of nitrogens with zero attached hydrogens (tertiary/aromatic N) is 2. The Morgan fingerprint density at radius 3 is 2.30 bits per heavy atom. The van der Waals surface area contributed by atoms with E-state index >= 15 is 0 Å². The normalized spacial score (nSPS) is 15.3. The Morgan fingerprint density at radius 2 is 1.66 bits per heavy atom. The standard InChI is InChI=1S/C35H42Cl2N2O4.ClH/c1-25(2)43-29-14-9-11-27(23-29)30(15-8-7-10-26-16-17-31(36)32(37)22-26)34(42)38(3)39-20-18-35(19-21-39,24-33(40)41)28-12-5-4-6-13-28;/h4-6,9,11-14,16-17,22-23,25,30H,7-8,10,15,18-21,24H2,1-3H3,(H,40,41);1H. The van der Waals surface area contributed by atoms with E-state index in [1.807, 2.05) is 93.7 Å². The van der Waals surface area contributed by atoms with E-state index < -0.39 is 11.4 Å². The second-order valence-electron chi connectivity index (χ2n) is 11.8. The van der Waals surface area contributed by atoms with Crippen LogP contribution in [-0.4, -0.2) is 53.2 Å². The molecular formula is C35H43Cl3N2O4. The van der Waals surface area contributed by atoms with Crippen molar-refractivity contribution in [2.75, 3.05) is 20.1 Å². The van der Waals surface area contributed by atoms with Crippen LogP contribution in [0.15, 0.2) is 72.8 Å². The van der Waals surface area contributed by atoms with Gasteiger partial charge >= 0.3 is 5.97 Å². The van der Waals surface area contributed by atoms with E-state index in [1.54, 1.807) is 5.01 Å². The first kappa shape index (κ1) is 35.7. The number of halogens is 3. The lowest BCUT2D eigenvalue weighted by Crippen LogP contribution is -2.52. The molecule has 0 bridgehead atoms. The fourth-order valence-corrected chi connectivity index (χ4v) is 6.44. The lowest BCUT2D eigenvalue weighted by Gasteiger charge is -2.45. The maximum absolute atomic E-state index is 14.1. The van der Waals surface area contributed by atoms with Gasteiger partial charge in [-0.15, -0.1) is 12.4 Å². The number of hydrogen-bond donors (Lipinski definition) is 1. The molecule has 1 N–H and O–H groups in total. The molecule has 0 aliphatic carbocycles. The predicted octanol–water partition coefficient (Wildman–Crippen LogP) is 8.58. The first-order chi connectivity index (χ1) is 20.6. The molecule has 44 heavy (non-hydrogen) atoms. The van der Waals surface area contributed by atoms with Crippen molar-refractivity contribution in [3.05, 3.63) is 99.5 Å². The number of piperidine rings is 1. The van der Waals surface area contributed by atoms with Gasteiger partial charge in [-0.05, 0) is 86.9 Å². The van der Waals surface area contributed by atoms with E-state index in [0.717, 1.165) is 41.7 Å². The van der Waals surface area contributed by atoms with Gasteiger partial charge in [-0.2, -0.15) is 0 Å². The average Bonchev–Trinajstić information content (AvgIpc) is 2.98. The van der Waals surface area contributed by atoms with Gasteiger partial charge in [0.2, 0.25) is 5.91 Å². The van der Waals surface area contributed by atoms with E-state index in [4.69, 9.17) is 27.9 Å². The fraction of sp³-hybridized carbons (Fsp3) is 0.429. The summed E-state index contributed by atoms with van der Waals surface area (Å²) in [4.78, 5) is 26.0. The Morgan fingerprint density at radius 1 is 0.955 bits per heavy atom. The van der Waals surface area contributed by atoms with Gasteiger partial charge in [0.25, 0.3) is 0 Å². The maximum Gasteiger partial charge on any atom is 0.304 e. The number of likely N-dealkylation sites (N-methyl/N-ethyl adjacent to an activating group) is 1. The Kier molecular flexibility index (Phi) is 13.4. The Balaban J connectivity index is 0.00000529. The molecule has 0 saturated carbocycles. The summed E-state index contributed by atoms with van der Waals surface area (Å²) in [5, 5.41) is 14.7. The molecule has 6 nitrogen and oxygen atoms in total. The largest absolute Gasteiger partial charge is 0.491 e. The molecular weight excluding hydrogens is 619 g/mol. The number of carboxylic acid groups (broad SMARTS) is 1. The summed E-state index contributed by atoms with van der Waals surface area (Å²) in [6.45, 7) is 5.18. The monoisotopic (exact) mass is 660 g/mol. The maximum atomic E-state index is 14.1. The first-order valence-corrected chi connectivity index (χ1v) is 15.8. The van der Waals surface area contributed by atoms with E-state index in [0.29, 0.717) is 42.4 Å². The highest BCUT2D eigenvalue weighted by Crippen LogP contribution is 2.39. The van der Waals surface area contributed by atoms with Gasteiger partial charge in [-0.1, -0.05) is 78.2 Å². The number of benzene rings is 3. The summed E-state index contributed by atoms with van der Waals surface area (Å²) in [6.07, 6.45) is 4.73. The van der Waals surface area contributed by atoms with Crippen LogP contribution in [0.4, 0.5) is 0 Å². The number of carbonyl (C=O) groups excluding carboxylic acids is 1. The summed E-state index contributed by atoms with van der Waals surface area (Å²) in [5.41, 5.74) is 2.66. The van der Waals surface area contributed by atoms with E-state index in [1.165, 1.54) is 0 Å². The zero-order chi connectivity index (χ0) is 31.0. The van der Waals surface area contributed by atoms with Gasteiger partial charge < -0.3 is 9.84 Å². The molecule has 0 radical (unpaired) electrons. The number of carboxylic acids is 1. The number of rotatable bonds is 13. The van der Waals surface area contributed by atoms with Gasteiger partial charge in [-0.25, -0.2) is 5.01 Å². The number of hydrazine groups is 1. The lowest BCUT2D eigenvalue weighted by molar-refractivity contribution is -0.152. The van der Waals surface area contributed by atoms with Crippen molar-refractivity contribution < 1.29 is 19.4 Å². The molecule has 1 aliphatic rings. The molecule has 238 valence electrons. The van der Waals surface area contributed by atoms with Crippen molar-refractivity contribution in [3.63, 3.8) is 0 Å². The smallest absolute Gasteiger partial charge is 0.304 e. The highest BCUT2D eigenvalue weighted by atomic mass is 35.5. The zero-order valence-corrected chi connectivity index (χ0v) is 28.0. The van der Waals surface area contributed by atoms with Gasteiger partial charge in [0.1, 0.15) is 5.75 Å². The van der Waals surface area contributed by atoms with E-state index in [-0.39, 0.29) is 36.8 Å². The van der Waals surface area contributed by atoms with Crippen molar-refractivity contribution >= 4 is 47.5 Å². The third-order valence-electron chi connectivity index (χ3n) is 8.44. The molecule has 1 atom stereocenters. The van der Waals surface area contributed by atoms with Crippen molar-refractivity contribution in [2.24, 2.45) is 0 Å². The second kappa shape index (κ2) is 16.5. The number of aliphatic carboxylic acids is 1. The molecule has 3 aromatic rings. The molecule has 3 aromatic carbocycles. The topological polar surface area (TPSA) is 70.1 Å². The molecule has 1 aliphatic heterocycles. The van der Waals surface area contributed by atoms with Crippen LogP contribution in [0.5, 0.6) is 5.75 Å². The van der Waals surface area contributed by atoms with Crippen molar-refractivity contribution in [2.45, 2.75) is 76.2 Å². The number of unbranched alkanes of at least 4 members (excludes halogenated alkanes) is 1. The molecule has 1 amide bonds. The first-order valence-electron chi connectivity index (χ1n) is 15.1. The second-order valence-corrected chi connectivity index (χ2v) is 12.6. The number of aryl methyl sites for hydroxylation is 1. The number of amides is 1. The van der Waals surface area contributed by atoms with Crippen molar-refractivity contribution in [3.8, 4) is 5.75 Å². The molecule has 0 aromatic heterocycles. The molecule has 1 heterocycles. The summed E-state index contributed by atoms with van der Waals surface area (Å²) in [5.74, 6) is -0.356. The minimum atomic E-state index is -0.800. The molecule has 9 heteroatoms. The third kappa shape index (κ3) is 9.37. The van der Waals surface area contributed by atoms with Crippen LogP contribution >= 0.6 is 35.6 Å². The highest BCUT2D eigenvalue weighted by molar-refractivity contribution is 6.42. The van der Waals surface area contributed by atoms with Gasteiger partial charge in [0.05, 0.1) is 28.5 Å². The van der Waals surface area contributed by atoms with Crippen LogP contribution < -0.4 is 4.74 Å². The zero-order valence-electron chi connectivity index (χ0n) is 25.7. The average molecular weight is 662 g/mol. The number of ether oxygens (including phenoxy) is 1. The Hall–Kier alpha value is -2.77. The summed E-state index contributed by atoms with van der Waals surface area (Å²) < 4.78 is 5.96. The van der Waals surface area contributed by atoms with Crippen LogP contribution in [-0.2, 0) is 21.4 Å². The van der Waals surface area contributed by atoms with Crippen molar-refractivity contribution in [1.29, 1.82) is 0 Å². The van der Waals surface area contributed by atoms with Crippen LogP contribution in [0.2, 0.25) is 10.0 Å². The van der Waals surface area contributed by atoms with Gasteiger partial charge in [-0.3, -0.25) is 14.6 Å². The fourth-order valence-electron chi connectivity index (χ4n) is 6.12. The van der Waals surface area contributed by atoms with Gasteiger partial charge in [0, 0.05) is 25.6 Å². The Bertz CT molecular complexity index is 1380. The van der Waals surface area contributed by atoms with Gasteiger partial charge in [0.15, 0.2) is 0 Å². The molecule has 0 spiro atoms. The minimum absolute atomic E-state index is 0. The highest BCUT2D eigenvalue weighted by Gasteiger charge is 2.40. The summed E-state index contributed by atoms with van der Waals surface area (Å²) in [6, 6.07) is 23.5. The summed E-state index contributed by atoms with van der Waals surface area (Å²) >= 11 is 12.3. The molecule has 1 unspecified atom stereocenters. The molecule has 1 saturated heterocycles.